The molecule has 0 atom stereocenters. The molecule has 0 spiro atoms. The molecule has 0 saturated carbocycles. The summed E-state index contributed by atoms with van der Waals surface area (Å²) in [6.07, 6.45) is 6.93. The van der Waals surface area contributed by atoms with Crippen LogP contribution in [0.4, 0.5) is 0 Å². The van der Waals surface area contributed by atoms with E-state index in [1.54, 1.807) is 0 Å². The number of hydrogen-bond donors (Lipinski definition) is 0. The number of nitrogens with zero attached hydrogens (tertiary/aromatic N) is 1. The second-order valence-corrected chi connectivity index (χ2v) is 5.73. The first-order valence-corrected chi connectivity index (χ1v) is 6.71. The first-order valence-electron chi connectivity index (χ1n) is 6.71. The Hall–Kier alpha value is -0.0400. The summed E-state index contributed by atoms with van der Waals surface area (Å²) >= 11 is 0. The molecule has 0 bridgehead atoms. The SMILES string of the molecule is CC(C)CCCCCN(C)CCC(C)C. The maximum absolute atomic E-state index is 2.48. The minimum absolute atomic E-state index is 0.841. The van der Waals surface area contributed by atoms with Crippen molar-refractivity contribution < 1.29 is 0 Å². The fraction of sp³-hybridized carbons (Fsp3) is 1.00. The lowest BCUT2D eigenvalue weighted by Crippen LogP contribution is -2.22. The second-order valence-electron chi connectivity index (χ2n) is 5.73. The van der Waals surface area contributed by atoms with E-state index in [9.17, 15) is 0 Å². The van der Waals surface area contributed by atoms with Crippen molar-refractivity contribution in [3.63, 3.8) is 0 Å². The maximum atomic E-state index is 2.48. The lowest BCUT2D eigenvalue weighted by atomic mass is 10.1. The molecule has 1 nitrogen and oxygen atoms in total. The van der Waals surface area contributed by atoms with Gasteiger partial charge in [0, 0.05) is 0 Å². The molecular weight excluding hydrogens is 182 g/mol. The average molecular weight is 213 g/mol. The third kappa shape index (κ3) is 11.9. The van der Waals surface area contributed by atoms with E-state index in [1.807, 2.05) is 0 Å². The zero-order valence-corrected chi connectivity index (χ0v) is 11.6. The summed E-state index contributed by atoms with van der Waals surface area (Å²) in [5.74, 6) is 1.72. The molecule has 0 aromatic carbocycles. The third-order valence-corrected chi connectivity index (χ3v) is 2.91. The van der Waals surface area contributed by atoms with E-state index in [1.165, 1.54) is 45.2 Å². The summed E-state index contributed by atoms with van der Waals surface area (Å²) in [5, 5.41) is 0. The van der Waals surface area contributed by atoms with Gasteiger partial charge in [0.1, 0.15) is 0 Å². The van der Waals surface area contributed by atoms with Crippen molar-refractivity contribution in [1.29, 1.82) is 0 Å². The van der Waals surface area contributed by atoms with Gasteiger partial charge in [-0.25, -0.2) is 0 Å². The molecule has 0 aliphatic carbocycles. The highest BCUT2D eigenvalue weighted by atomic mass is 15.1. The van der Waals surface area contributed by atoms with Gasteiger partial charge < -0.3 is 4.90 Å². The van der Waals surface area contributed by atoms with Crippen LogP contribution in [0.5, 0.6) is 0 Å². The van der Waals surface area contributed by atoms with Gasteiger partial charge in [0.2, 0.25) is 0 Å². The monoisotopic (exact) mass is 213 g/mol. The van der Waals surface area contributed by atoms with E-state index < -0.39 is 0 Å². The first-order chi connectivity index (χ1) is 7.02. The van der Waals surface area contributed by atoms with E-state index in [-0.39, 0.29) is 0 Å². The van der Waals surface area contributed by atoms with Crippen LogP contribution in [0.15, 0.2) is 0 Å². The molecule has 0 saturated heterocycles. The van der Waals surface area contributed by atoms with Crippen LogP contribution in [-0.4, -0.2) is 25.0 Å². The summed E-state index contributed by atoms with van der Waals surface area (Å²) in [6.45, 7) is 11.8. The Morgan fingerprint density at radius 3 is 1.87 bits per heavy atom. The number of rotatable bonds is 9. The molecule has 92 valence electrons. The summed E-state index contributed by atoms with van der Waals surface area (Å²) in [4.78, 5) is 2.48. The van der Waals surface area contributed by atoms with Crippen LogP contribution in [0, 0.1) is 11.8 Å². The van der Waals surface area contributed by atoms with E-state index >= 15 is 0 Å². The summed E-state index contributed by atoms with van der Waals surface area (Å²) < 4.78 is 0. The van der Waals surface area contributed by atoms with Crippen molar-refractivity contribution in [1.82, 2.24) is 4.90 Å². The highest BCUT2D eigenvalue weighted by molar-refractivity contribution is 4.55. The van der Waals surface area contributed by atoms with Gasteiger partial charge in [0.15, 0.2) is 0 Å². The molecule has 0 aliphatic rings. The van der Waals surface area contributed by atoms with E-state index in [4.69, 9.17) is 0 Å². The number of unbranched alkanes of at least 4 members (excludes halogenated alkanes) is 2. The lowest BCUT2D eigenvalue weighted by molar-refractivity contribution is 0.301. The van der Waals surface area contributed by atoms with Gasteiger partial charge in [-0.1, -0.05) is 47.0 Å². The molecule has 0 heterocycles. The zero-order valence-electron chi connectivity index (χ0n) is 11.6. The van der Waals surface area contributed by atoms with Gasteiger partial charge in [0.05, 0.1) is 0 Å². The Balaban J connectivity index is 3.20. The quantitative estimate of drug-likeness (QED) is 0.519. The second kappa shape index (κ2) is 9.21. The normalized spacial score (nSPS) is 12.0. The van der Waals surface area contributed by atoms with Gasteiger partial charge in [-0.05, 0) is 44.8 Å². The predicted octanol–water partition coefficient (Wildman–Crippen LogP) is 4.18. The van der Waals surface area contributed by atoms with Crippen LogP contribution >= 0.6 is 0 Å². The molecule has 0 unspecified atom stereocenters. The van der Waals surface area contributed by atoms with Gasteiger partial charge >= 0.3 is 0 Å². The molecule has 0 radical (unpaired) electrons. The lowest BCUT2D eigenvalue weighted by Gasteiger charge is -2.17. The summed E-state index contributed by atoms with van der Waals surface area (Å²) in [7, 11) is 2.25. The van der Waals surface area contributed by atoms with E-state index in [2.05, 4.69) is 39.6 Å². The van der Waals surface area contributed by atoms with Crippen LogP contribution in [0.1, 0.15) is 59.8 Å². The zero-order chi connectivity index (χ0) is 11.7. The van der Waals surface area contributed by atoms with E-state index in [0.717, 1.165) is 11.8 Å². The number of hydrogen-bond acceptors (Lipinski definition) is 1. The molecule has 0 rings (SSSR count). The highest BCUT2D eigenvalue weighted by Crippen LogP contribution is 2.08. The largest absolute Gasteiger partial charge is 0.306 e. The Morgan fingerprint density at radius 2 is 1.33 bits per heavy atom. The Kier molecular flexibility index (Phi) is 9.18. The van der Waals surface area contributed by atoms with Gasteiger partial charge in [-0.3, -0.25) is 0 Å². The van der Waals surface area contributed by atoms with Crippen LogP contribution in [0.25, 0.3) is 0 Å². The molecule has 0 N–H and O–H groups in total. The van der Waals surface area contributed by atoms with Crippen molar-refractivity contribution in [3.8, 4) is 0 Å². The van der Waals surface area contributed by atoms with E-state index in [0.29, 0.717) is 0 Å². The first kappa shape index (κ1) is 15.0. The Morgan fingerprint density at radius 1 is 0.733 bits per heavy atom. The molecule has 15 heavy (non-hydrogen) atoms. The fourth-order valence-electron chi connectivity index (χ4n) is 1.70. The average Bonchev–Trinajstić information content (AvgIpc) is 2.13. The molecule has 0 aromatic rings. The van der Waals surface area contributed by atoms with Gasteiger partial charge in [0.25, 0.3) is 0 Å². The Labute approximate surface area is 97.2 Å². The smallest absolute Gasteiger partial charge is 0.00194 e. The van der Waals surface area contributed by atoms with Crippen molar-refractivity contribution in [2.24, 2.45) is 11.8 Å². The standard InChI is InChI=1S/C14H31N/c1-13(2)9-7-6-8-11-15(5)12-10-14(3)4/h13-14H,6-12H2,1-5H3. The van der Waals surface area contributed by atoms with Crippen molar-refractivity contribution in [2.45, 2.75) is 59.8 Å². The topological polar surface area (TPSA) is 3.24 Å². The molecule has 0 fully saturated rings. The minimum atomic E-state index is 0.841. The van der Waals surface area contributed by atoms with Crippen LogP contribution in [-0.2, 0) is 0 Å². The van der Waals surface area contributed by atoms with Crippen LogP contribution in [0.2, 0.25) is 0 Å². The molecule has 0 aliphatic heterocycles. The highest BCUT2D eigenvalue weighted by Gasteiger charge is 2.00. The summed E-state index contributed by atoms with van der Waals surface area (Å²) in [5.41, 5.74) is 0. The predicted molar refractivity (Wildman–Crippen MR) is 70.3 cm³/mol. The summed E-state index contributed by atoms with van der Waals surface area (Å²) in [6, 6.07) is 0. The van der Waals surface area contributed by atoms with Gasteiger partial charge in [-0.15, -0.1) is 0 Å². The Bertz CT molecular complexity index is 129. The van der Waals surface area contributed by atoms with Crippen LogP contribution < -0.4 is 0 Å². The third-order valence-electron chi connectivity index (χ3n) is 2.91. The minimum Gasteiger partial charge on any atom is -0.306 e. The molecule has 1 heteroatoms. The van der Waals surface area contributed by atoms with Crippen molar-refractivity contribution in [3.05, 3.63) is 0 Å². The molecule has 0 amide bonds. The fourth-order valence-corrected chi connectivity index (χ4v) is 1.70. The molecular formula is C14H31N. The van der Waals surface area contributed by atoms with Crippen molar-refractivity contribution in [2.75, 3.05) is 20.1 Å². The van der Waals surface area contributed by atoms with Crippen LogP contribution in [0.3, 0.4) is 0 Å². The maximum Gasteiger partial charge on any atom is -0.00194 e. The van der Waals surface area contributed by atoms with Gasteiger partial charge in [-0.2, -0.15) is 0 Å². The molecule has 0 aromatic heterocycles. The van der Waals surface area contributed by atoms with Crippen molar-refractivity contribution >= 4 is 0 Å².